The molecule has 1 aliphatic heterocycles. The second kappa shape index (κ2) is 9.01. The minimum Gasteiger partial charge on any atom is -0.356 e. The minimum atomic E-state index is 0. The molecule has 1 saturated heterocycles. The lowest BCUT2D eigenvalue weighted by Crippen LogP contribution is -2.39. The summed E-state index contributed by atoms with van der Waals surface area (Å²) in [6.07, 6.45) is 5.28. The Morgan fingerprint density at radius 3 is 2.63 bits per heavy atom. The van der Waals surface area contributed by atoms with Crippen LogP contribution in [-0.2, 0) is 4.79 Å². The molecule has 0 radical (unpaired) electrons. The molecule has 1 heterocycles. The maximum atomic E-state index is 12.0. The third-order valence-corrected chi connectivity index (χ3v) is 4.14. The van der Waals surface area contributed by atoms with Crippen LogP contribution in [0.3, 0.4) is 0 Å². The highest BCUT2D eigenvalue weighted by atomic mass is 35.5. The molecule has 0 bridgehead atoms. The van der Waals surface area contributed by atoms with Crippen LogP contribution in [0.4, 0.5) is 0 Å². The Morgan fingerprint density at radius 1 is 1.32 bits per heavy atom. The number of halogens is 2. The van der Waals surface area contributed by atoms with Crippen LogP contribution in [0, 0.1) is 11.8 Å². The van der Waals surface area contributed by atoms with Gasteiger partial charge in [-0.3, -0.25) is 4.79 Å². The van der Waals surface area contributed by atoms with Crippen LogP contribution < -0.4 is 11.1 Å². The third kappa shape index (κ3) is 5.86. The van der Waals surface area contributed by atoms with Gasteiger partial charge in [-0.15, -0.1) is 24.8 Å². The van der Waals surface area contributed by atoms with Crippen molar-refractivity contribution in [2.45, 2.75) is 38.1 Å². The topological polar surface area (TPSA) is 58.4 Å². The molecule has 1 saturated carbocycles. The van der Waals surface area contributed by atoms with Crippen LogP contribution in [-0.4, -0.2) is 43.5 Å². The van der Waals surface area contributed by atoms with Crippen molar-refractivity contribution >= 4 is 30.7 Å². The SMILES string of the molecule is CN1CCC(CNC(=O)C2CCCC(N)C2)C1.Cl.Cl. The number of carbonyl (C=O) groups is 1. The molecular formula is C13H27Cl2N3O. The van der Waals surface area contributed by atoms with Crippen LogP contribution in [0.25, 0.3) is 0 Å². The van der Waals surface area contributed by atoms with Crippen LogP contribution in [0.5, 0.6) is 0 Å². The monoisotopic (exact) mass is 311 g/mol. The molecule has 2 aliphatic rings. The fourth-order valence-corrected chi connectivity index (χ4v) is 3.05. The van der Waals surface area contributed by atoms with Crippen LogP contribution >= 0.6 is 24.8 Å². The van der Waals surface area contributed by atoms with Gasteiger partial charge in [0.15, 0.2) is 0 Å². The van der Waals surface area contributed by atoms with Gasteiger partial charge in [-0.05, 0) is 45.2 Å². The Labute approximate surface area is 128 Å². The molecule has 0 aromatic carbocycles. The summed E-state index contributed by atoms with van der Waals surface area (Å²) in [5.74, 6) is 1.04. The molecule has 2 fully saturated rings. The zero-order chi connectivity index (χ0) is 12.3. The van der Waals surface area contributed by atoms with E-state index in [0.29, 0.717) is 5.92 Å². The Kier molecular flexibility index (Phi) is 8.99. The summed E-state index contributed by atoms with van der Waals surface area (Å²) in [4.78, 5) is 14.3. The first-order chi connectivity index (χ1) is 8.15. The van der Waals surface area contributed by atoms with Gasteiger partial charge in [-0.25, -0.2) is 0 Å². The highest BCUT2D eigenvalue weighted by Crippen LogP contribution is 2.23. The van der Waals surface area contributed by atoms with E-state index in [0.717, 1.165) is 45.3 Å². The van der Waals surface area contributed by atoms with Crippen LogP contribution in [0.15, 0.2) is 0 Å². The number of nitrogens with two attached hydrogens (primary N) is 1. The summed E-state index contributed by atoms with van der Waals surface area (Å²) in [7, 11) is 2.14. The van der Waals surface area contributed by atoms with Crippen LogP contribution in [0.1, 0.15) is 32.1 Å². The van der Waals surface area contributed by atoms with Crippen molar-refractivity contribution in [3.8, 4) is 0 Å². The van der Waals surface area contributed by atoms with Crippen molar-refractivity contribution in [3.05, 3.63) is 0 Å². The van der Waals surface area contributed by atoms with Gasteiger partial charge in [0.25, 0.3) is 0 Å². The summed E-state index contributed by atoms with van der Waals surface area (Å²) >= 11 is 0. The molecule has 1 amide bonds. The van der Waals surface area contributed by atoms with Gasteiger partial charge in [0, 0.05) is 25.0 Å². The van der Waals surface area contributed by atoms with E-state index in [4.69, 9.17) is 5.73 Å². The van der Waals surface area contributed by atoms with E-state index in [2.05, 4.69) is 17.3 Å². The molecule has 4 nitrogen and oxygen atoms in total. The van der Waals surface area contributed by atoms with Crippen molar-refractivity contribution in [1.82, 2.24) is 10.2 Å². The first-order valence-corrected chi connectivity index (χ1v) is 6.87. The van der Waals surface area contributed by atoms with Crippen molar-refractivity contribution in [1.29, 1.82) is 0 Å². The Hall–Kier alpha value is -0.0300. The number of amides is 1. The summed E-state index contributed by atoms with van der Waals surface area (Å²) < 4.78 is 0. The summed E-state index contributed by atoms with van der Waals surface area (Å²) in [5, 5.41) is 3.11. The normalized spacial score (nSPS) is 31.2. The van der Waals surface area contributed by atoms with Crippen molar-refractivity contribution in [3.63, 3.8) is 0 Å². The van der Waals surface area contributed by atoms with Crippen LogP contribution in [0.2, 0.25) is 0 Å². The fourth-order valence-electron chi connectivity index (χ4n) is 3.05. The molecule has 0 aromatic heterocycles. The number of likely N-dealkylation sites (tertiary alicyclic amines) is 1. The van der Waals surface area contributed by atoms with Gasteiger partial charge in [-0.2, -0.15) is 0 Å². The number of carbonyl (C=O) groups excluding carboxylic acids is 1. The lowest BCUT2D eigenvalue weighted by Gasteiger charge is -2.26. The fraction of sp³-hybridized carbons (Fsp3) is 0.923. The summed E-state index contributed by atoms with van der Waals surface area (Å²) in [6, 6.07) is 0.233. The van der Waals surface area contributed by atoms with Gasteiger partial charge < -0.3 is 16.0 Å². The Bertz CT molecular complexity index is 279. The van der Waals surface area contributed by atoms with E-state index in [-0.39, 0.29) is 42.7 Å². The zero-order valence-electron chi connectivity index (χ0n) is 11.6. The van der Waals surface area contributed by atoms with E-state index >= 15 is 0 Å². The molecule has 2 rings (SSSR count). The van der Waals surface area contributed by atoms with Gasteiger partial charge in [0.05, 0.1) is 0 Å². The maximum Gasteiger partial charge on any atom is 0.223 e. The van der Waals surface area contributed by atoms with Crippen molar-refractivity contribution in [2.75, 3.05) is 26.7 Å². The van der Waals surface area contributed by atoms with E-state index < -0.39 is 0 Å². The van der Waals surface area contributed by atoms with Crippen molar-refractivity contribution < 1.29 is 4.79 Å². The second-order valence-electron chi connectivity index (χ2n) is 5.79. The quantitative estimate of drug-likeness (QED) is 0.828. The molecule has 0 spiro atoms. The number of hydrogen-bond donors (Lipinski definition) is 2. The molecule has 114 valence electrons. The highest BCUT2D eigenvalue weighted by Gasteiger charge is 2.26. The van der Waals surface area contributed by atoms with Gasteiger partial charge >= 0.3 is 0 Å². The molecule has 1 aliphatic carbocycles. The molecule has 6 heteroatoms. The third-order valence-electron chi connectivity index (χ3n) is 4.14. The minimum absolute atomic E-state index is 0. The molecule has 0 aromatic rings. The van der Waals surface area contributed by atoms with Gasteiger partial charge in [0.1, 0.15) is 0 Å². The van der Waals surface area contributed by atoms with Gasteiger partial charge in [-0.1, -0.05) is 6.42 Å². The lowest BCUT2D eigenvalue weighted by atomic mass is 9.85. The molecular weight excluding hydrogens is 285 g/mol. The average molecular weight is 312 g/mol. The van der Waals surface area contributed by atoms with E-state index in [1.807, 2.05) is 0 Å². The number of hydrogen-bond acceptors (Lipinski definition) is 3. The maximum absolute atomic E-state index is 12.0. The number of nitrogens with one attached hydrogen (secondary N) is 1. The molecule has 3 N–H and O–H groups in total. The average Bonchev–Trinajstić information content (AvgIpc) is 2.72. The Morgan fingerprint density at radius 2 is 2.05 bits per heavy atom. The smallest absolute Gasteiger partial charge is 0.223 e. The number of rotatable bonds is 3. The second-order valence-corrected chi connectivity index (χ2v) is 5.79. The standard InChI is InChI=1S/C13H25N3O.2ClH/c1-16-6-5-10(9-16)8-15-13(17)11-3-2-4-12(14)7-11;;/h10-12H,2-9,14H2,1H3,(H,15,17);2*1H. The predicted molar refractivity (Wildman–Crippen MR) is 83.0 cm³/mol. The zero-order valence-corrected chi connectivity index (χ0v) is 13.3. The van der Waals surface area contributed by atoms with Crippen molar-refractivity contribution in [2.24, 2.45) is 17.6 Å². The predicted octanol–water partition coefficient (Wildman–Crippen LogP) is 1.42. The largest absolute Gasteiger partial charge is 0.356 e. The number of nitrogens with zero attached hydrogens (tertiary/aromatic N) is 1. The Balaban J connectivity index is 0.00000162. The first-order valence-electron chi connectivity index (χ1n) is 6.87. The van der Waals surface area contributed by atoms with E-state index in [1.54, 1.807) is 0 Å². The lowest BCUT2D eigenvalue weighted by molar-refractivity contribution is -0.126. The summed E-state index contributed by atoms with van der Waals surface area (Å²) in [5.41, 5.74) is 5.91. The molecule has 3 unspecified atom stereocenters. The van der Waals surface area contributed by atoms with E-state index in [1.165, 1.54) is 6.42 Å². The highest BCUT2D eigenvalue weighted by molar-refractivity contribution is 5.85. The van der Waals surface area contributed by atoms with Gasteiger partial charge in [0.2, 0.25) is 5.91 Å². The van der Waals surface area contributed by atoms with E-state index in [9.17, 15) is 4.79 Å². The molecule has 19 heavy (non-hydrogen) atoms. The first kappa shape index (κ1) is 19.0. The summed E-state index contributed by atoms with van der Waals surface area (Å²) in [6.45, 7) is 3.12. The molecule has 3 atom stereocenters.